The Bertz CT molecular complexity index is 248. The van der Waals surface area contributed by atoms with E-state index in [2.05, 4.69) is 0 Å². The average molecular weight is 170 g/mol. The van der Waals surface area contributed by atoms with E-state index >= 15 is 0 Å². The first kappa shape index (κ1) is 8.27. The molecule has 11 heavy (non-hydrogen) atoms. The summed E-state index contributed by atoms with van der Waals surface area (Å²) in [7, 11) is 1.59. The summed E-state index contributed by atoms with van der Waals surface area (Å²) in [6.07, 6.45) is 1.97. The standard InChI is InChI=1S/C8H10O2S/c1-10-7-5-6(9)3-4-8(7)11-2/h3-5,9H,1-2H3. The van der Waals surface area contributed by atoms with Gasteiger partial charge in [0.05, 0.1) is 7.11 Å². The van der Waals surface area contributed by atoms with Crippen LogP contribution in [0.15, 0.2) is 23.1 Å². The van der Waals surface area contributed by atoms with Crippen LogP contribution in [-0.4, -0.2) is 18.5 Å². The van der Waals surface area contributed by atoms with E-state index in [0.717, 1.165) is 10.6 Å². The molecule has 0 aliphatic rings. The molecule has 0 bridgehead atoms. The van der Waals surface area contributed by atoms with E-state index in [1.54, 1.807) is 31.0 Å². The maximum absolute atomic E-state index is 9.07. The molecular formula is C8H10O2S. The summed E-state index contributed by atoms with van der Waals surface area (Å²) >= 11 is 1.59. The minimum absolute atomic E-state index is 0.236. The third-order valence-electron chi connectivity index (χ3n) is 1.37. The quantitative estimate of drug-likeness (QED) is 0.689. The molecule has 0 aliphatic carbocycles. The van der Waals surface area contributed by atoms with Crippen molar-refractivity contribution in [2.45, 2.75) is 4.90 Å². The molecule has 3 heteroatoms. The van der Waals surface area contributed by atoms with E-state index in [1.165, 1.54) is 0 Å². The fourth-order valence-electron chi connectivity index (χ4n) is 0.825. The molecule has 1 rings (SSSR count). The van der Waals surface area contributed by atoms with Crippen molar-refractivity contribution in [3.8, 4) is 11.5 Å². The van der Waals surface area contributed by atoms with Gasteiger partial charge in [-0.3, -0.25) is 0 Å². The van der Waals surface area contributed by atoms with Crippen LogP contribution < -0.4 is 4.74 Å². The zero-order chi connectivity index (χ0) is 8.27. The molecule has 0 spiro atoms. The third-order valence-corrected chi connectivity index (χ3v) is 2.14. The number of thioether (sulfide) groups is 1. The topological polar surface area (TPSA) is 29.5 Å². The molecule has 0 saturated carbocycles. The molecule has 1 aromatic rings. The van der Waals surface area contributed by atoms with Gasteiger partial charge in [-0.05, 0) is 18.4 Å². The van der Waals surface area contributed by atoms with E-state index in [9.17, 15) is 0 Å². The Labute approximate surface area is 70.2 Å². The Morgan fingerprint density at radius 1 is 1.45 bits per heavy atom. The van der Waals surface area contributed by atoms with Gasteiger partial charge in [-0.1, -0.05) is 0 Å². The second kappa shape index (κ2) is 3.53. The van der Waals surface area contributed by atoms with Crippen LogP contribution in [0.4, 0.5) is 0 Å². The number of rotatable bonds is 2. The molecule has 1 aromatic carbocycles. The summed E-state index contributed by atoms with van der Waals surface area (Å²) in [5.41, 5.74) is 0. The van der Waals surface area contributed by atoms with Crippen LogP contribution in [0.1, 0.15) is 0 Å². The van der Waals surface area contributed by atoms with Crippen molar-refractivity contribution in [2.75, 3.05) is 13.4 Å². The Hall–Kier alpha value is -0.830. The fraction of sp³-hybridized carbons (Fsp3) is 0.250. The number of methoxy groups -OCH3 is 1. The van der Waals surface area contributed by atoms with Crippen LogP contribution in [0.5, 0.6) is 11.5 Å². The van der Waals surface area contributed by atoms with Crippen molar-refractivity contribution < 1.29 is 9.84 Å². The molecule has 0 saturated heterocycles. The summed E-state index contributed by atoms with van der Waals surface area (Å²) in [4.78, 5) is 1.03. The van der Waals surface area contributed by atoms with Gasteiger partial charge in [0.1, 0.15) is 11.5 Å². The highest BCUT2D eigenvalue weighted by atomic mass is 32.2. The molecular weight excluding hydrogens is 160 g/mol. The summed E-state index contributed by atoms with van der Waals surface area (Å²) in [5.74, 6) is 0.956. The first-order valence-electron chi connectivity index (χ1n) is 3.19. The van der Waals surface area contributed by atoms with Gasteiger partial charge in [0.25, 0.3) is 0 Å². The molecule has 0 aromatic heterocycles. The molecule has 0 amide bonds. The maximum Gasteiger partial charge on any atom is 0.136 e. The van der Waals surface area contributed by atoms with Crippen molar-refractivity contribution in [1.29, 1.82) is 0 Å². The zero-order valence-corrected chi connectivity index (χ0v) is 7.31. The molecule has 0 aliphatic heterocycles. The monoisotopic (exact) mass is 170 g/mol. The molecule has 0 heterocycles. The van der Waals surface area contributed by atoms with Crippen LogP contribution >= 0.6 is 11.8 Å². The van der Waals surface area contributed by atoms with Gasteiger partial charge in [0.2, 0.25) is 0 Å². The predicted octanol–water partition coefficient (Wildman–Crippen LogP) is 2.12. The zero-order valence-electron chi connectivity index (χ0n) is 6.50. The van der Waals surface area contributed by atoms with Gasteiger partial charge >= 0.3 is 0 Å². The molecule has 0 atom stereocenters. The largest absolute Gasteiger partial charge is 0.508 e. The fourth-order valence-corrected chi connectivity index (χ4v) is 1.37. The number of hydrogen-bond acceptors (Lipinski definition) is 3. The summed E-state index contributed by atoms with van der Waals surface area (Å²) < 4.78 is 5.04. The molecule has 0 radical (unpaired) electrons. The van der Waals surface area contributed by atoms with E-state index in [0.29, 0.717) is 0 Å². The third kappa shape index (κ3) is 1.80. The second-order valence-corrected chi connectivity index (χ2v) is 2.89. The van der Waals surface area contributed by atoms with Crippen molar-refractivity contribution in [3.05, 3.63) is 18.2 Å². The lowest BCUT2D eigenvalue weighted by molar-refractivity contribution is 0.398. The molecule has 0 fully saturated rings. The average Bonchev–Trinajstić information content (AvgIpc) is 2.04. The first-order valence-corrected chi connectivity index (χ1v) is 4.41. The van der Waals surface area contributed by atoms with Crippen molar-refractivity contribution in [3.63, 3.8) is 0 Å². The Morgan fingerprint density at radius 3 is 2.73 bits per heavy atom. The van der Waals surface area contributed by atoms with Gasteiger partial charge in [0.15, 0.2) is 0 Å². The Kier molecular flexibility index (Phi) is 2.65. The van der Waals surface area contributed by atoms with E-state index in [1.807, 2.05) is 12.3 Å². The second-order valence-electron chi connectivity index (χ2n) is 2.04. The number of ether oxygens (including phenoxy) is 1. The maximum atomic E-state index is 9.07. The molecule has 1 N–H and O–H groups in total. The van der Waals surface area contributed by atoms with E-state index < -0.39 is 0 Å². The predicted molar refractivity (Wildman–Crippen MR) is 46.4 cm³/mol. The smallest absolute Gasteiger partial charge is 0.136 e. The van der Waals surface area contributed by atoms with Crippen molar-refractivity contribution >= 4 is 11.8 Å². The van der Waals surface area contributed by atoms with E-state index in [4.69, 9.17) is 9.84 Å². The molecule has 2 nitrogen and oxygen atoms in total. The SMILES string of the molecule is COc1cc(O)ccc1SC. The number of phenolic OH excluding ortho intramolecular Hbond substituents is 1. The van der Waals surface area contributed by atoms with Gasteiger partial charge in [0, 0.05) is 11.0 Å². The van der Waals surface area contributed by atoms with E-state index in [-0.39, 0.29) is 5.75 Å². The van der Waals surface area contributed by atoms with Crippen LogP contribution in [0.2, 0.25) is 0 Å². The lowest BCUT2D eigenvalue weighted by atomic mass is 10.3. The van der Waals surface area contributed by atoms with Gasteiger partial charge in [-0.2, -0.15) is 0 Å². The highest BCUT2D eigenvalue weighted by molar-refractivity contribution is 7.98. The number of phenols is 1. The number of aromatic hydroxyl groups is 1. The minimum Gasteiger partial charge on any atom is -0.508 e. The van der Waals surface area contributed by atoms with Gasteiger partial charge < -0.3 is 9.84 Å². The number of benzene rings is 1. The minimum atomic E-state index is 0.236. The van der Waals surface area contributed by atoms with Crippen LogP contribution in [0.25, 0.3) is 0 Å². The molecule has 60 valence electrons. The lowest BCUT2D eigenvalue weighted by Crippen LogP contribution is -1.84. The highest BCUT2D eigenvalue weighted by Gasteiger charge is 2.00. The normalized spacial score (nSPS) is 9.64. The highest BCUT2D eigenvalue weighted by Crippen LogP contribution is 2.30. The van der Waals surface area contributed by atoms with Gasteiger partial charge in [-0.25, -0.2) is 0 Å². The van der Waals surface area contributed by atoms with Crippen molar-refractivity contribution in [2.24, 2.45) is 0 Å². The van der Waals surface area contributed by atoms with Crippen LogP contribution in [0.3, 0.4) is 0 Å². The Morgan fingerprint density at radius 2 is 2.18 bits per heavy atom. The summed E-state index contributed by atoms with van der Waals surface area (Å²) in [5, 5.41) is 9.07. The Balaban J connectivity index is 3.06. The summed E-state index contributed by atoms with van der Waals surface area (Å²) in [6, 6.07) is 5.08. The molecule has 0 unspecified atom stereocenters. The van der Waals surface area contributed by atoms with Gasteiger partial charge in [-0.15, -0.1) is 11.8 Å². The number of hydrogen-bond donors (Lipinski definition) is 1. The first-order chi connectivity index (χ1) is 5.27. The van der Waals surface area contributed by atoms with Crippen LogP contribution in [-0.2, 0) is 0 Å². The van der Waals surface area contributed by atoms with Crippen LogP contribution in [0, 0.1) is 0 Å². The lowest BCUT2D eigenvalue weighted by Gasteiger charge is -2.04. The summed E-state index contributed by atoms with van der Waals surface area (Å²) in [6.45, 7) is 0. The van der Waals surface area contributed by atoms with Crippen molar-refractivity contribution in [1.82, 2.24) is 0 Å².